The van der Waals surface area contributed by atoms with Crippen LogP contribution in [-0.2, 0) is 0 Å². The van der Waals surface area contributed by atoms with E-state index in [9.17, 15) is 0 Å². The van der Waals surface area contributed by atoms with Crippen molar-refractivity contribution in [1.82, 2.24) is 15.0 Å². The summed E-state index contributed by atoms with van der Waals surface area (Å²) in [5, 5.41) is 10.3. The maximum Gasteiger partial charge on any atom is 0.137 e. The van der Waals surface area contributed by atoms with E-state index in [0.717, 1.165) is 18.9 Å². The minimum atomic E-state index is 0.510. The molecule has 0 amide bonds. The monoisotopic (exact) mass is 283 g/mol. The van der Waals surface area contributed by atoms with E-state index in [0.29, 0.717) is 22.9 Å². The first-order chi connectivity index (χ1) is 10.3. The number of nitrogens with one attached hydrogen (secondary N) is 2. The fourth-order valence-corrected chi connectivity index (χ4v) is 2.34. The van der Waals surface area contributed by atoms with Crippen molar-refractivity contribution in [2.75, 3.05) is 29.0 Å². The first-order valence-electron chi connectivity index (χ1n) is 6.86. The molecule has 1 aliphatic heterocycles. The number of nitrogen functional groups attached to an aromatic ring is 1. The van der Waals surface area contributed by atoms with E-state index in [1.807, 2.05) is 6.07 Å². The van der Waals surface area contributed by atoms with E-state index in [4.69, 9.17) is 11.1 Å². The van der Waals surface area contributed by atoms with Crippen LogP contribution >= 0.6 is 0 Å². The topological polar surface area (TPSA) is 104 Å². The Balaban J connectivity index is 1.79. The Hall–Kier alpha value is -2.70. The average molecular weight is 283 g/mol. The molecule has 0 radical (unpaired) electrons. The van der Waals surface area contributed by atoms with Crippen molar-refractivity contribution in [3.05, 3.63) is 30.2 Å². The molecule has 0 atom stereocenters. The third-order valence-corrected chi connectivity index (χ3v) is 3.46. The molecule has 1 saturated heterocycles. The van der Waals surface area contributed by atoms with Crippen molar-refractivity contribution in [2.24, 2.45) is 0 Å². The molecule has 0 saturated carbocycles. The average Bonchev–Trinajstić information content (AvgIpc) is 3.02. The molecule has 1 fully saturated rings. The number of pyridine rings is 1. The van der Waals surface area contributed by atoms with Gasteiger partial charge in [-0.2, -0.15) is 0 Å². The third-order valence-electron chi connectivity index (χ3n) is 3.46. The highest BCUT2D eigenvalue weighted by molar-refractivity contribution is 5.85. The molecule has 21 heavy (non-hydrogen) atoms. The van der Waals surface area contributed by atoms with Crippen molar-refractivity contribution < 1.29 is 0 Å². The Bertz CT molecular complexity index is 650. The molecule has 0 spiro atoms. The number of anilines is 4. The fourth-order valence-electron chi connectivity index (χ4n) is 2.34. The van der Waals surface area contributed by atoms with Gasteiger partial charge in [-0.25, -0.2) is 15.0 Å². The normalized spacial score (nSPS) is 14.2. The molecule has 7 nitrogen and oxygen atoms in total. The number of rotatable bonds is 4. The lowest BCUT2D eigenvalue weighted by Crippen LogP contribution is -2.19. The number of hydrogen-bond donors (Lipinski definition) is 3. The quantitative estimate of drug-likeness (QED) is 0.739. The summed E-state index contributed by atoms with van der Waals surface area (Å²) in [6, 6.07) is 3.60. The largest absolute Gasteiger partial charge is 0.398 e. The van der Waals surface area contributed by atoms with E-state index >= 15 is 0 Å². The van der Waals surface area contributed by atoms with E-state index in [-0.39, 0.29) is 0 Å². The summed E-state index contributed by atoms with van der Waals surface area (Å²) >= 11 is 0. The Morgan fingerprint density at radius 3 is 2.62 bits per heavy atom. The minimum absolute atomic E-state index is 0.510. The lowest BCUT2D eigenvalue weighted by molar-refractivity contribution is 0.928. The van der Waals surface area contributed by atoms with Gasteiger partial charge in [-0.15, -0.1) is 0 Å². The predicted molar refractivity (Wildman–Crippen MR) is 83.3 cm³/mol. The van der Waals surface area contributed by atoms with Gasteiger partial charge in [0.05, 0.1) is 0 Å². The minimum Gasteiger partial charge on any atom is -0.398 e. The van der Waals surface area contributed by atoms with Crippen LogP contribution in [0.15, 0.2) is 24.7 Å². The number of aromatic nitrogens is 3. The van der Waals surface area contributed by atoms with Crippen LogP contribution in [-0.4, -0.2) is 34.3 Å². The maximum atomic E-state index is 7.21. The van der Waals surface area contributed by atoms with Crippen LogP contribution in [0.25, 0.3) is 0 Å². The number of hydrogen-bond acceptors (Lipinski definition) is 7. The highest BCUT2D eigenvalue weighted by atomic mass is 15.2. The van der Waals surface area contributed by atoms with E-state index in [2.05, 4.69) is 25.2 Å². The molecule has 3 rings (SSSR count). The summed E-state index contributed by atoms with van der Waals surface area (Å²) in [4.78, 5) is 15.0. The van der Waals surface area contributed by atoms with E-state index < -0.39 is 0 Å². The molecular formula is C14H17N7. The first kappa shape index (κ1) is 13.3. The van der Waals surface area contributed by atoms with Crippen molar-refractivity contribution >= 4 is 29.4 Å². The zero-order valence-corrected chi connectivity index (χ0v) is 11.6. The van der Waals surface area contributed by atoms with Crippen LogP contribution < -0.4 is 16.0 Å². The SMILES string of the molecule is N=Cc1cnc(Nc2cc(N3CCCC3)ncn2)cc1N. The van der Waals surface area contributed by atoms with Gasteiger partial charge >= 0.3 is 0 Å². The van der Waals surface area contributed by atoms with Gasteiger partial charge in [0.25, 0.3) is 0 Å². The Morgan fingerprint density at radius 1 is 1.14 bits per heavy atom. The zero-order chi connectivity index (χ0) is 14.7. The summed E-state index contributed by atoms with van der Waals surface area (Å²) < 4.78 is 0. The summed E-state index contributed by atoms with van der Waals surface area (Å²) in [6.07, 6.45) is 6.70. The zero-order valence-electron chi connectivity index (χ0n) is 11.6. The van der Waals surface area contributed by atoms with Crippen molar-refractivity contribution in [1.29, 1.82) is 5.41 Å². The number of nitrogens with two attached hydrogens (primary N) is 1. The molecule has 4 N–H and O–H groups in total. The second kappa shape index (κ2) is 5.74. The van der Waals surface area contributed by atoms with Gasteiger partial charge in [0.15, 0.2) is 0 Å². The van der Waals surface area contributed by atoms with Crippen LogP contribution in [0.3, 0.4) is 0 Å². The standard InChI is InChI=1S/C14H17N7/c15-7-10-8-17-12(5-11(10)16)20-13-6-14(19-9-18-13)21-3-1-2-4-21/h5-9,15H,1-4H2,(H3,16,17,18,19,20). The summed E-state index contributed by atoms with van der Waals surface area (Å²) in [6.45, 7) is 2.07. The van der Waals surface area contributed by atoms with Gasteiger partial charge in [0.2, 0.25) is 0 Å². The summed E-state index contributed by atoms with van der Waals surface area (Å²) in [7, 11) is 0. The van der Waals surface area contributed by atoms with Crippen LogP contribution in [0.5, 0.6) is 0 Å². The van der Waals surface area contributed by atoms with E-state index in [1.165, 1.54) is 19.1 Å². The summed E-state index contributed by atoms with van der Waals surface area (Å²) in [5.74, 6) is 2.21. The Kier molecular flexibility index (Phi) is 3.63. The second-order valence-corrected chi connectivity index (χ2v) is 4.92. The molecule has 2 aromatic heterocycles. The maximum absolute atomic E-state index is 7.21. The highest BCUT2D eigenvalue weighted by Gasteiger charge is 2.14. The van der Waals surface area contributed by atoms with Crippen LogP contribution in [0.4, 0.5) is 23.1 Å². The molecule has 7 heteroatoms. The van der Waals surface area contributed by atoms with Crippen LogP contribution in [0.1, 0.15) is 18.4 Å². The van der Waals surface area contributed by atoms with Crippen LogP contribution in [0, 0.1) is 5.41 Å². The molecule has 0 aromatic carbocycles. The lowest BCUT2D eigenvalue weighted by atomic mass is 10.2. The highest BCUT2D eigenvalue weighted by Crippen LogP contribution is 2.22. The van der Waals surface area contributed by atoms with Gasteiger partial charge in [0.1, 0.15) is 23.8 Å². The number of nitrogens with zero attached hydrogens (tertiary/aromatic N) is 4. The molecule has 0 unspecified atom stereocenters. The first-order valence-corrected chi connectivity index (χ1v) is 6.86. The van der Waals surface area contributed by atoms with Gasteiger partial charge in [0, 0.05) is 48.9 Å². The van der Waals surface area contributed by atoms with Crippen molar-refractivity contribution in [2.45, 2.75) is 12.8 Å². The smallest absolute Gasteiger partial charge is 0.137 e. The molecule has 1 aliphatic rings. The fraction of sp³-hybridized carbons (Fsp3) is 0.286. The van der Waals surface area contributed by atoms with Crippen molar-refractivity contribution in [3.63, 3.8) is 0 Å². The Labute approximate surface area is 122 Å². The van der Waals surface area contributed by atoms with Crippen molar-refractivity contribution in [3.8, 4) is 0 Å². The second-order valence-electron chi connectivity index (χ2n) is 4.92. The van der Waals surface area contributed by atoms with Crippen LogP contribution in [0.2, 0.25) is 0 Å². The van der Waals surface area contributed by atoms with Gasteiger partial charge < -0.3 is 21.4 Å². The molecule has 3 heterocycles. The van der Waals surface area contributed by atoms with Gasteiger partial charge in [-0.05, 0) is 12.8 Å². The molecule has 108 valence electrons. The van der Waals surface area contributed by atoms with Gasteiger partial charge in [-0.1, -0.05) is 0 Å². The molecule has 2 aromatic rings. The molecular weight excluding hydrogens is 266 g/mol. The lowest BCUT2D eigenvalue weighted by Gasteiger charge is -2.16. The predicted octanol–water partition coefficient (Wildman–Crippen LogP) is 1.80. The Morgan fingerprint density at radius 2 is 1.90 bits per heavy atom. The summed E-state index contributed by atoms with van der Waals surface area (Å²) in [5.41, 5.74) is 6.95. The molecule has 0 aliphatic carbocycles. The third kappa shape index (κ3) is 2.91. The molecule has 0 bridgehead atoms. The van der Waals surface area contributed by atoms with E-state index in [1.54, 1.807) is 18.6 Å². The van der Waals surface area contributed by atoms with Gasteiger partial charge in [-0.3, -0.25) is 0 Å².